The van der Waals surface area contributed by atoms with Crippen LogP contribution in [0.4, 0.5) is 0 Å². The second kappa shape index (κ2) is 8.09. The zero-order valence-corrected chi connectivity index (χ0v) is 15.9. The van der Waals surface area contributed by atoms with Gasteiger partial charge < -0.3 is 9.88 Å². The van der Waals surface area contributed by atoms with Gasteiger partial charge >= 0.3 is 0 Å². The molecule has 1 heterocycles. The molecule has 4 rings (SSSR count). The number of aromatic nitrogens is 2. The Balaban J connectivity index is 1.56. The maximum atomic E-state index is 12.6. The number of hydrogen-bond donors (Lipinski definition) is 1. The topological polar surface area (TPSA) is 46.9 Å². The van der Waals surface area contributed by atoms with Crippen LogP contribution in [0.1, 0.15) is 27.3 Å². The van der Waals surface area contributed by atoms with E-state index in [-0.39, 0.29) is 5.91 Å². The minimum Gasteiger partial charge on any atom is -0.345 e. The molecule has 28 heavy (non-hydrogen) atoms. The highest BCUT2D eigenvalue weighted by Gasteiger charge is 2.13. The van der Waals surface area contributed by atoms with Crippen LogP contribution in [-0.2, 0) is 19.5 Å². The molecule has 0 saturated carbocycles. The minimum atomic E-state index is -0.0697. The zero-order valence-electron chi connectivity index (χ0n) is 15.9. The van der Waals surface area contributed by atoms with Crippen molar-refractivity contribution in [2.75, 3.05) is 0 Å². The van der Waals surface area contributed by atoms with Gasteiger partial charge in [0.25, 0.3) is 5.91 Å². The van der Waals surface area contributed by atoms with Gasteiger partial charge in [0.05, 0.1) is 17.6 Å². The lowest BCUT2D eigenvalue weighted by atomic mass is 10.1. The first kappa shape index (κ1) is 18.0. The number of hydrogen-bond acceptors (Lipinski definition) is 2. The number of nitrogens with one attached hydrogen (secondary N) is 1. The first-order valence-corrected chi connectivity index (χ1v) is 9.54. The number of aryl methyl sites for hydroxylation is 3. The number of amides is 1. The van der Waals surface area contributed by atoms with Gasteiger partial charge in [0.2, 0.25) is 0 Å². The van der Waals surface area contributed by atoms with Crippen molar-refractivity contribution in [2.45, 2.75) is 26.4 Å². The van der Waals surface area contributed by atoms with Crippen LogP contribution < -0.4 is 5.32 Å². The Morgan fingerprint density at radius 1 is 0.929 bits per heavy atom. The number of rotatable bonds is 6. The Labute approximate surface area is 164 Å². The highest BCUT2D eigenvalue weighted by atomic mass is 16.1. The van der Waals surface area contributed by atoms with Crippen LogP contribution in [0, 0.1) is 6.92 Å². The van der Waals surface area contributed by atoms with E-state index in [0.717, 1.165) is 35.4 Å². The molecule has 0 aliphatic heterocycles. The van der Waals surface area contributed by atoms with E-state index < -0.39 is 0 Å². The van der Waals surface area contributed by atoms with Crippen LogP contribution in [0.5, 0.6) is 0 Å². The zero-order chi connectivity index (χ0) is 19.3. The summed E-state index contributed by atoms with van der Waals surface area (Å²) in [7, 11) is 0. The van der Waals surface area contributed by atoms with Gasteiger partial charge in [-0.15, -0.1) is 0 Å². The van der Waals surface area contributed by atoms with E-state index in [1.165, 1.54) is 5.56 Å². The molecule has 0 bridgehead atoms. The van der Waals surface area contributed by atoms with Crippen molar-refractivity contribution in [1.29, 1.82) is 0 Å². The fraction of sp³-hybridized carbons (Fsp3) is 0.167. The third-order valence-corrected chi connectivity index (χ3v) is 5.00. The van der Waals surface area contributed by atoms with E-state index >= 15 is 0 Å². The van der Waals surface area contributed by atoms with Gasteiger partial charge in [-0.3, -0.25) is 4.79 Å². The van der Waals surface area contributed by atoms with Crippen LogP contribution in [0.2, 0.25) is 0 Å². The molecule has 0 aliphatic carbocycles. The number of fused-ring (bicyclic) bond motifs is 1. The lowest BCUT2D eigenvalue weighted by Gasteiger charge is -2.11. The molecule has 4 heteroatoms. The fourth-order valence-electron chi connectivity index (χ4n) is 3.48. The molecule has 0 radical (unpaired) electrons. The molecule has 0 unspecified atom stereocenters. The SMILES string of the molecule is Cc1ccccc1C(=O)NCc1nc2ccccc2n1CCc1ccccc1. The molecule has 1 N–H and O–H groups in total. The summed E-state index contributed by atoms with van der Waals surface area (Å²) in [6.45, 7) is 3.17. The molecule has 0 atom stereocenters. The number of imidazole rings is 1. The summed E-state index contributed by atoms with van der Waals surface area (Å²) < 4.78 is 2.21. The molecular weight excluding hydrogens is 346 g/mol. The Morgan fingerprint density at radius 2 is 1.64 bits per heavy atom. The van der Waals surface area contributed by atoms with Gasteiger partial charge in [-0.1, -0.05) is 60.7 Å². The van der Waals surface area contributed by atoms with Gasteiger partial charge in [-0.25, -0.2) is 4.98 Å². The second-order valence-corrected chi connectivity index (χ2v) is 6.90. The summed E-state index contributed by atoms with van der Waals surface area (Å²) in [5, 5.41) is 3.03. The number of carbonyl (C=O) groups is 1. The van der Waals surface area contributed by atoms with Gasteiger partial charge in [0.15, 0.2) is 0 Å². The van der Waals surface area contributed by atoms with E-state index in [1.54, 1.807) is 0 Å². The third kappa shape index (κ3) is 3.81. The monoisotopic (exact) mass is 369 g/mol. The Kier molecular flexibility index (Phi) is 5.20. The average Bonchev–Trinajstić information content (AvgIpc) is 3.09. The van der Waals surface area contributed by atoms with Gasteiger partial charge in [-0.2, -0.15) is 0 Å². The Hall–Kier alpha value is -3.40. The molecule has 0 spiro atoms. The maximum absolute atomic E-state index is 12.6. The Morgan fingerprint density at radius 3 is 2.46 bits per heavy atom. The fourth-order valence-corrected chi connectivity index (χ4v) is 3.48. The number of para-hydroxylation sites is 2. The van der Waals surface area contributed by atoms with Crippen LogP contribution >= 0.6 is 0 Å². The van der Waals surface area contributed by atoms with Crippen LogP contribution in [-0.4, -0.2) is 15.5 Å². The van der Waals surface area contributed by atoms with E-state index in [9.17, 15) is 4.79 Å². The van der Waals surface area contributed by atoms with Gasteiger partial charge in [-0.05, 0) is 42.7 Å². The quantitative estimate of drug-likeness (QED) is 0.543. The first-order chi connectivity index (χ1) is 13.7. The maximum Gasteiger partial charge on any atom is 0.251 e. The van der Waals surface area contributed by atoms with Crippen molar-refractivity contribution in [3.63, 3.8) is 0 Å². The van der Waals surface area contributed by atoms with Crippen LogP contribution in [0.25, 0.3) is 11.0 Å². The van der Waals surface area contributed by atoms with Crippen molar-refractivity contribution >= 4 is 16.9 Å². The van der Waals surface area contributed by atoms with E-state index in [1.807, 2.05) is 55.5 Å². The standard InChI is InChI=1S/C24H23N3O/c1-18-9-5-6-12-20(18)24(28)25-17-23-26-21-13-7-8-14-22(21)27(23)16-15-19-10-3-2-4-11-19/h2-14H,15-17H2,1H3,(H,25,28). The number of benzene rings is 3. The summed E-state index contributed by atoms with van der Waals surface area (Å²) >= 11 is 0. The van der Waals surface area contributed by atoms with Crippen LogP contribution in [0.15, 0.2) is 78.9 Å². The van der Waals surface area contributed by atoms with E-state index in [4.69, 9.17) is 4.98 Å². The lowest BCUT2D eigenvalue weighted by Crippen LogP contribution is -2.25. The summed E-state index contributed by atoms with van der Waals surface area (Å²) in [6, 6.07) is 26.2. The highest BCUT2D eigenvalue weighted by Crippen LogP contribution is 2.17. The molecular formula is C24H23N3O. The predicted molar refractivity (Wildman–Crippen MR) is 112 cm³/mol. The second-order valence-electron chi connectivity index (χ2n) is 6.90. The first-order valence-electron chi connectivity index (χ1n) is 9.54. The largest absolute Gasteiger partial charge is 0.345 e. The summed E-state index contributed by atoms with van der Waals surface area (Å²) in [4.78, 5) is 17.4. The van der Waals surface area contributed by atoms with Crippen molar-refractivity contribution < 1.29 is 4.79 Å². The molecule has 3 aromatic carbocycles. The lowest BCUT2D eigenvalue weighted by molar-refractivity contribution is 0.0949. The normalized spacial score (nSPS) is 10.9. The summed E-state index contributed by atoms with van der Waals surface area (Å²) in [5.74, 6) is 0.804. The smallest absolute Gasteiger partial charge is 0.251 e. The minimum absolute atomic E-state index is 0.0697. The summed E-state index contributed by atoms with van der Waals surface area (Å²) in [6.07, 6.45) is 0.917. The third-order valence-electron chi connectivity index (χ3n) is 5.00. The van der Waals surface area contributed by atoms with E-state index in [2.05, 4.69) is 40.2 Å². The predicted octanol–water partition coefficient (Wildman–Crippen LogP) is 4.52. The molecule has 1 amide bonds. The highest BCUT2D eigenvalue weighted by molar-refractivity contribution is 5.95. The number of nitrogens with zero attached hydrogens (tertiary/aromatic N) is 2. The summed E-state index contributed by atoms with van der Waals surface area (Å²) in [5.41, 5.74) is 5.01. The van der Waals surface area contributed by atoms with Crippen LogP contribution in [0.3, 0.4) is 0 Å². The molecule has 0 saturated heterocycles. The van der Waals surface area contributed by atoms with Gasteiger partial charge in [0.1, 0.15) is 5.82 Å². The van der Waals surface area contributed by atoms with Crippen molar-refractivity contribution in [2.24, 2.45) is 0 Å². The molecule has 4 aromatic rings. The molecule has 0 aliphatic rings. The molecule has 1 aromatic heterocycles. The van der Waals surface area contributed by atoms with Crippen molar-refractivity contribution in [3.8, 4) is 0 Å². The van der Waals surface area contributed by atoms with E-state index in [0.29, 0.717) is 12.1 Å². The van der Waals surface area contributed by atoms with Gasteiger partial charge in [0, 0.05) is 12.1 Å². The van der Waals surface area contributed by atoms with Crippen molar-refractivity contribution in [3.05, 3.63) is 101 Å². The molecule has 4 nitrogen and oxygen atoms in total. The average molecular weight is 369 g/mol. The molecule has 140 valence electrons. The number of carbonyl (C=O) groups excluding carboxylic acids is 1. The molecule has 0 fully saturated rings. The Bertz CT molecular complexity index is 1100. The van der Waals surface area contributed by atoms with Crippen molar-refractivity contribution in [1.82, 2.24) is 14.9 Å².